The van der Waals surface area contributed by atoms with E-state index in [-0.39, 0.29) is 0 Å². The van der Waals surface area contributed by atoms with Gasteiger partial charge in [-0.3, -0.25) is 9.05 Å². The van der Waals surface area contributed by atoms with Crippen LogP contribution in [-0.4, -0.2) is 65.0 Å². The van der Waals surface area contributed by atoms with Gasteiger partial charge >= 0.3 is 23.5 Å². The summed E-state index contributed by atoms with van der Waals surface area (Å²) < 4.78 is 60.1. The van der Waals surface area contributed by atoms with E-state index in [0.29, 0.717) is 7.11 Å². The lowest BCUT2D eigenvalue weighted by molar-refractivity contribution is -0.0171. The Morgan fingerprint density at radius 3 is 2.00 bits per heavy atom. The molecule has 4 unspecified atom stereocenters. The van der Waals surface area contributed by atoms with Gasteiger partial charge in [0.2, 0.25) is 0 Å². The van der Waals surface area contributed by atoms with Crippen molar-refractivity contribution >= 4 is 23.5 Å². The summed E-state index contributed by atoms with van der Waals surface area (Å²) in [6.07, 6.45) is -3.50. The zero-order valence-electron chi connectivity index (χ0n) is 12.8. The highest BCUT2D eigenvalue weighted by atomic mass is 31.3. The van der Waals surface area contributed by atoms with Crippen molar-refractivity contribution in [1.82, 2.24) is 0 Å². The highest BCUT2D eigenvalue weighted by Gasteiger charge is 2.45. The van der Waals surface area contributed by atoms with Crippen LogP contribution in [0.1, 0.15) is 6.92 Å². The van der Waals surface area contributed by atoms with Crippen molar-refractivity contribution in [1.29, 1.82) is 0 Å². The Labute approximate surface area is 137 Å². The van der Waals surface area contributed by atoms with E-state index in [2.05, 4.69) is 17.7 Å². The molecule has 24 heavy (non-hydrogen) atoms. The smallest absolute Gasteiger partial charge is 0.387 e. The molecule has 0 aromatic heterocycles. The molecule has 1 rings (SSSR count). The van der Waals surface area contributed by atoms with Crippen LogP contribution in [0, 0.1) is 0 Å². The van der Waals surface area contributed by atoms with Gasteiger partial charge in [0.15, 0.2) is 0 Å². The number of aliphatic hydroxyl groups is 1. The predicted molar refractivity (Wildman–Crippen MR) is 75.7 cm³/mol. The fourth-order valence-electron chi connectivity index (χ4n) is 1.89. The van der Waals surface area contributed by atoms with Gasteiger partial charge in [-0.1, -0.05) is 0 Å². The van der Waals surface area contributed by atoms with Gasteiger partial charge < -0.3 is 29.3 Å². The molecule has 0 aromatic carbocycles. The van der Waals surface area contributed by atoms with Gasteiger partial charge in [0.25, 0.3) is 0 Å². The van der Waals surface area contributed by atoms with Crippen LogP contribution in [0.3, 0.4) is 0 Å². The molecule has 1 heterocycles. The number of hydrogen-bond donors (Lipinski definition) is 4. The Morgan fingerprint density at radius 2 is 1.54 bits per heavy atom. The van der Waals surface area contributed by atoms with Gasteiger partial charge in [0.1, 0.15) is 18.3 Å². The largest absolute Gasteiger partial charge is 0.490 e. The maximum Gasteiger partial charge on any atom is 0.490 e. The van der Waals surface area contributed by atoms with Gasteiger partial charge in [0, 0.05) is 14.2 Å². The van der Waals surface area contributed by atoms with E-state index in [4.69, 9.17) is 19.3 Å². The Kier molecular flexibility index (Phi) is 7.74. The summed E-state index contributed by atoms with van der Waals surface area (Å²) in [7, 11) is -13.6. The second kappa shape index (κ2) is 8.32. The molecule has 0 aromatic rings. The van der Waals surface area contributed by atoms with Gasteiger partial charge in [-0.2, -0.15) is 8.62 Å². The van der Waals surface area contributed by atoms with E-state index in [9.17, 15) is 23.7 Å². The number of ether oxygens (including phenoxy) is 2. The molecule has 1 saturated heterocycles. The molecule has 0 amide bonds. The topological polar surface area (TPSA) is 188 Å². The summed E-state index contributed by atoms with van der Waals surface area (Å²) in [6.45, 7) is 0.895. The summed E-state index contributed by atoms with van der Waals surface area (Å²) in [5.41, 5.74) is 0. The first-order chi connectivity index (χ1) is 10.8. The zero-order valence-corrected chi connectivity index (χ0v) is 15.5. The fraction of sp³-hybridized carbons (Fsp3) is 1.00. The van der Waals surface area contributed by atoms with Crippen LogP contribution >= 0.6 is 23.5 Å². The van der Waals surface area contributed by atoms with Gasteiger partial charge in [0.05, 0.1) is 12.7 Å². The van der Waals surface area contributed by atoms with Crippen molar-refractivity contribution in [2.45, 2.75) is 31.3 Å². The highest BCUT2D eigenvalue weighted by molar-refractivity contribution is 7.66. The third-order valence-electron chi connectivity index (χ3n) is 2.89. The number of aliphatic hydroxyl groups excluding tert-OH is 1. The monoisotopic (exact) mass is 416 g/mol. The molecule has 16 heteroatoms. The van der Waals surface area contributed by atoms with Crippen molar-refractivity contribution in [3.05, 3.63) is 0 Å². The van der Waals surface area contributed by atoms with Crippen LogP contribution in [-0.2, 0) is 40.8 Å². The second-order valence-corrected chi connectivity index (χ2v) is 9.36. The van der Waals surface area contributed by atoms with Crippen molar-refractivity contribution in [2.24, 2.45) is 0 Å². The zero-order chi connectivity index (χ0) is 18.8. The first-order valence-corrected chi connectivity index (χ1v) is 10.8. The van der Waals surface area contributed by atoms with Crippen LogP contribution in [0.25, 0.3) is 0 Å². The molecule has 144 valence electrons. The lowest BCUT2D eigenvalue weighted by Gasteiger charge is -2.20. The van der Waals surface area contributed by atoms with Gasteiger partial charge in [-0.25, -0.2) is 13.7 Å². The number of methoxy groups -OCH3 is 1. The Balaban J connectivity index is 2.63. The molecule has 1 fully saturated rings. The minimum atomic E-state index is -5.46. The Hall–Kier alpha value is 0.290. The van der Waals surface area contributed by atoms with E-state index in [1.165, 1.54) is 7.11 Å². The van der Waals surface area contributed by atoms with Gasteiger partial charge in [-0.05, 0) is 6.92 Å². The molecular formula is C8H19O13P3. The molecule has 1 aliphatic rings. The molecule has 0 radical (unpaired) electrons. The highest BCUT2D eigenvalue weighted by Crippen LogP contribution is 2.67. The lowest BCUT2D eigenvalue weighted by Crippen LogP contribution is -2.35. The number of hydrogen-bond acceptors (Lipinski definition) is 10. The maximum absolute atomic E-state index is 11.6. The van der Waals surface area contributed by atoms with Crippen molar-refractivity contribution in [3.8, 4) is 0 Å². The van der Waals surface area contributed by atoms with Crippen molar-refractivity contribution < 1.29 is 60.6 Å². The summed E-state index contributed by atoms with van der Waals surface area (Å²) in [4.78, 5) is 27.4. The molecule has 13 nitrogen and oxygen atoms in total. The number of rotatable bonds is 9. The van der Waals surface area contributed by atoms with Crippen LogP contribution < -0.4 is 0 Å². The fourth-order valence-corrected chi connectivity index (χ4v) is 5.16. The van der Waals surface area contributed by atoms with E-state index >= 15 is 0 Å². The quantitative estimate of drug-likeness (QED) is 0.372. The van der Waals surface area contributed by atoms with Crippen LogP contribution in [0.5, 0.6) is 0 Å². The molecule has 4 N–H and O–H groups in total. The first kappa shape index (κ1) is 22.3. The lowest BCUT2D eigenvalue weighted by atomic mass is 10.1. The van der Waals surface area contributed by atoms with E-state index in [1.54, 1.807) is 6.92 Å². The van der Waals surface area contributed by atoms with Crippen LogP contribution in [0.15, 0.2) is 0 Å². The third-order valence-corrected chi connectivity index (χ3v) is 7.13. The van der Waals surface area contributed by atoms with E-state index in [1.807, 2.05) is 0 Å². The van der Waals surface area contributed by atoms with Crippen molar-refractivity contribution in [3.63, 3.8) is 0 Å². The molecule has 0 saturated carbocycles. The summed E-state index contributed by atoms with van der Waals surface area (Å²) >= 11 is 0. The van der Waals surface area contributed by atoms with Crippen LogP contribution in [0.2, 0.25) is 0 Å². The molecule has 0 bridgehead atoms. The normalized spacial score (nSPS) is 35.1. The SMILES string of the molecule is CO[C@H]1C(O)[C@@H](COP(=O)(O)OP(=O)(O)OP(=O)(O)OC)O[C@H]1C. The Bertz CT molecular complexity index is 565. The minimum Gasteiger partial charge on any atom is -0.387 e. The molecule has 7 atom stereocenters. The van der Waals surface area contributed by atoms with Crippen molar-refractivity contribution in [2.75, 3.05) is 20.8 Å². The Morgan fingerprint density at radius 1 is 1.00 bits per heavy atom. The maximum atomic E-state index is 11.6. The molecule has 0 aliphatic carbocycles. The minimum absolute atomic E-state index is 0.535. The molecular weight excluding hydrogens is 397 g/mol. The van der Waals surface area contributed by atoms with E-state index in [0.717, 1.165) is 0 Å². The third kappa shape index (κ3) is 6.54. The summed E-state index contributed by atoms with van der Waals surface area (Å²) in [5, 5.41) is 9.88. The average Bonchev–Trinajstić information content (AvgIpc) is 2.68. The van der Waals surface area contributed by atoms with Gasteiger partial charge in [-0.15, -0.1) is 0 Å². The molecule has 1 aliphatic heterocycles. The standard InChI is InChI=1S/C8H19O13P3/c1-5-8(16-2)7(9)6(19-5)4-18-23(12,13)21-24(14,15)20-22(10,11)17-3/h5-9H,4H2,1-3H3,(H,10,11)(H,12,13)(H,14,15)/t5-,6+,7?,8+/m0/s1. The first-order valence-electron chi connectivity index (χ1n) is 6.30. The van der Waals surface area contributed by atoms with Crippen LogP contribution in [0.4, 0.5) is 0 Å². The molecule has 0 spiro atoms. The summed E-state index contributed by atoms with van der Waals surface area (Å²) in [5.74, 6) is 0. The number of phosphoric acid groups is 3. The second-order valence-electron chi connectivity index (χ2n) is 4.62. The number of phosphoric ester groups is 2. The van der Waals surface area contributed by atoms with E-state index < -0.39 is 54.5 Å². The summed E-state index contributed by atoms with van der Waals surface area (Å²) in [6, 6.07) is 0. The average molecular weight is 416 g/mol. The predicted octanol–water partition coefficient (Wildman–Crippen LogP) is 0.147.